The number of benzene rings is 2. The number of aromatic nitrogens is 3. The predicted octanol–water partition coefficient (Wildman–Crippen LogP) is 8.70. The highest BCUT2D eigenvalue weighted by molar-refractivity contribution is 6.04. The van der Waals surface area contributed by atoms with Gasteiger partial charge in [-0.2, -0.15) is 0 Å². The highest BCUT2D eigenvalue weighted by atomic mass is 19.1. The number of H-pyrrole nitrogens is 1. The summed E-state index contributed by atoms with van der Waals surface area (Å²) >= 11 is 0. The fourth-order valence-electron chi connectivity index (χ4n) is 6.04. The number of carbonyl (C=O) groups excluding carboxylic acids is 1. The largest absolute Gasteiger partial charge is 0.496 e. The monoisotopic (exact) mass is 572 g/mol. The van der Waals surface area contributed by atoms with E-state index in [1.807, 2.05) is 48.7 Å². The third-order valence-corrected chi connectivity index (χ3v) is 8.36. The summed E-state index contributed by atoms with van der Waals surface area (Å²) < 4.78 is 21.1. The number of pyridine rings is 2. The highest BCUT2D eigenvalue weighted by Gasteiger charge is 2.27. The molecule has 5 aromatic rings. The fraction of sp³-hybridized carbons (Fsp3) is 0.222. The predicted molar refractivity (Wildman–Crippen MR) is 170 cm³/mol. The van der Waals surface area contributed by atoms with Crippen molar-refractivity contribution in [2.75, 3.05) is 7.11 Å². The Balaban J connectivity index is 1.30. The Kier molecular flexibility index (Phi) is 8.22. The van der Waals surface area contributed by atoms with Gasteiger partial charge in [0.25, 0.3) is 0 Å². The molecule has 3 aromatic heterocycles. The molecule has 43 heavy (non-hydrogen) atoms. The summed E-state index contributed by atoms with van der Waals surface area (Å²) in [6, 6.07) is 16.9. The Labute approximate surface area is 250 Å². The summed E-state index contributed by atoms with van der Waals surface area (Å²) in [4.78, 5) is 29.8. The van der Waals surface area contributed by atoms with Crippen LogP contribution in [0.15, 0.2) is 96.0 Å². The van der Waals surface area contributed by atoms with Gasteiger partial charge >= 0.3 is 0 Å². The normalized spacial score (nSPS) is 16.2. The first kappa shape index (κ1) is 28.2. The van der Waals surface area contributed by atoms with E-state index in [2.05, 4.69) is 32.7 Å². The molecule has 7 heteroatoms. The topological polar surface area (TPSA) is 80.2 Å². The van der Waals surface area contributed by atoms with E-state index in [-0.39, 0.29) is 23.0 Å². The maximum Gasteiger partial charge on any atom is 0.168 e. The molecule has 1 N–H and O–H groups in total. The smallest absolute Gasteiger partial charge is 0.168 e. The minimum absolute atomic E-state index is 0.0110. The van der Waals surface area contributed by atoms with E-state index in [9.17, 15) is 4.79 Å². The van der Waals surface area contributed by atoms with Crippen molar-refractivity contribution in [1.29, 1.82) is 0 Å². The second kappa shape index (κ2) is 12.5. The number of aromatic amines is 1. The molecule has 1 fully saturated rings. The van der Waals surface area contributed by atoms with Crippen molar-refractivity contribution in [2.24, 2.45) is 10.9 Å². The zero-order valence-corrected chi connectivity index (χ0v) is 24.1. The number of para-hydroxylation sites is 1. The van der Waals surface area contributed by atoms with Gasteiger partial charge in [0.05, 0.1) is 7.11 Å². The summed E-state index contributed by atoms with van der Waals surface area (Å²) in [5.41, 5.74) is 6.70. The van der Waals surface area contributed by atoms with Crippen molar-refractivity contribution >= 4 is 29.2 Å². The molecule has 0 bridgehead atoms. The molecule has 216 valence electrons. The standard InChI is InChI=1S/C36H33FN4O2/c1-38-34-30(35(42)25-7-5-6-23(12-13-25)10-11-24-14-16-39-17-15-24)18-26(20-32(34)37)27-19-29-31(22-41-36(29)40-21-27)28-8-3-4-9-33(28)43-2/h3-4,8-10,14-22,25H,1,5-7,11-13H2,2H3,(H,40,41)/b23-10-. The average molecular weight is 573 g/mol. The minimum Gasteiger partial charge on any atom is -0.496 e. The van der Waals surface area contributed by atoms with Gasteiger partial charge in [0, 0.05) is 58.3 Å². The van der Waals surface area contributed by atoms with E-state index < -0.39 is 5.82 Å². The van der Waals surface area contributed by atoms with Crippen LogP contribution in [0.2, 0.25) is 0 Å². The molecule has 0 spiro atoms. The summed E-state index contributed by atoms with van der Waals surface area (Å²) in [5, 5.41) is 0.871. The maximum absolute atomic E-state index is 15.5. The Morgan fingerprint density at radius 1 is 1.09 bits per heavy atom. The third-order valence-electron chi connectivity index (χ3n) is 8.36. The van der Waals surface area contributed by atoms with Crippen molar-refractivity contribution in [3.8, 4) is 28.0 Å². The zero-order chi connectivity index (χ0) is 29.8. The van der Waals surface area contributed by atoms with Gasteiger partial charge in [-0.05, 0) is 92.8 Å². The van der Waals surface area contributed by atoms with E-state index in [1.54, 1.807) is 31.8 Å². The first-order valence-electron chi connectivity index (χ1n) is 14.6. The molecule has 0 aliphatic heterocycles. The van der Waals surface area contributed by atoms with Crippen molar-refractivity contribution < 1.29 is 13.9 Å². The number of hydrogen-bond acceptors (Lipinski definition) is 5. The fourth-order valence-corrected chi connectivity index (χ4v) is 6.04. The number of fused-ring (bicyclic) bond motifs is 1. The number of aliphatic imine (C=N–C) groups is 1. The number of allylic oxidation sites excluding steroid dienone is 2. The Bertz CT molecular complexity index is 1830. The number of Topliss-reactive ketones (excluding diaryl/α,β-unsaturated/α-hetero) is 1. The van der Waals surface area contributed by atoms with E-state index in [0.717, 1.165) is 60.8 Å². The van der Waals surface area contributed by atoms with E-state index in [1.165, 1.54) is 17.2 Å². The molecular formula is C36H33FN4O2. The van der Waals surface area contributed by atoms with Crippen LogP contribution in [0.5, 0.6) is 5.75 Å². The van der Waals surface area contributed by atoms with Crippen LogP contribution in [-0.2, 0) is 6.42 Å². The van der Waals surface area contributed by atoms with Crippen LogP contribution in [-0.4, -0.2) is 34.6 Å². The van der Waals surface area contributed by atoms with Gasteiger partial charge in [-0.25, -0.2) is 9.37 Å². The quantitative estimate of drug-likeness (QED) is 0.0873. The number of nitrogens with one attached hydrogen (secondary N) is 1. The summed E-state index contributed by atoms with van der Waals surface area (Å²) in [7, 11) is 1.64. The SMILES string of the molecule is C=Nc1c(F)cc(-c2cnc3[nH]cc(-c4ccccc4OC)c3c2)cc1C(=O)C1CCC/C(=C/Cc2ccncc2)CC1. The van der Waals surface area contributed by atoms with Crippen LogP contribution in [0.4, 0.5) is 10.1 Å². The lowest BCUT2D eigenvalue weighted by Crippen LogP contribution is -2.15. The number of ether oxygens (including phenoxy) is 1. The number of halogens is 1. The average Bonchev–Trinajstić information content (AvgIpc) is 3.32. The van der Waals surface area contributed by atoms with Crippen molar-refractivity contribution in [2.45, 2.75) is 38.5 Å². The lowest BCUT2D eigenvalue weighted by Gasteiger charge is -2.16. The van der Waals surface area contributed by atoms with Gasteiger partial charge in [0.15, 0.2) is 5.78 Å². The third kappa shape index (κ3) is 5.89. The molecule has 0 amide bonds. The van der Waals surface area contributed by atoms with Gasteiger partial charge < -0.3 is 9.72 Å². The number of nitrogens with zero attached hydrogens (tertiary/aromatic N) is 3. The second-order valence-electron chi connectivity index (χ2n) is 10.9. The van der Waals surface area contributed by atoms with Gasteiger partial charge in [0.1, 0.15) is 22.9 Å². The van der Waals surface area contributed by atoms with Crippen LogP contribution in [0.1, 0.15) is 48.0 Å². The molecule has 6 rings (SSSR count). The molecule has 3 heterocycles. The summed E-state index contributed by atoms with van der Waals surface area (Å²) in [6.07, 6.45) is 14.5. The van der Waals surface area contributed by atoms with E-state index in [0.29, 0.717) is 16.8 Å². The molecular weight excluding hydrogens is 539 g/mol. The van der Waals surface area contributed by atoms with Crippen molar-refractivity contribution in [1.82, 2.24) is 15.0 Å². The van der Waals surface area contributed by atoms with Gasteiger partial charge in [-0.3, -0.25) is 14.8 Å². The minimum atomic E-state index is -0.568. The van der Waals surface area contributed by atoms with Crippen LogP contribution in [0.25, 0.3) is 33.3 Å². The Hall–Kier alpha value is -4.91. The number of ketones is 1. The van der Waals surface area contributed by atoms with Crippen molar-refractivity contribution in [3.63, 3.8) is 0 Å². The molecule has 0 radical (unpaired) electrons. The molecule has 0 saturated heterocycles. The van der Waals surface area contributed by atoms with Crippen LogP contribution < -0.4 is 4.74 Å². The van der Waals surface area contributed by atoms with Crippen LogP contribution >= 0.6 is 0 Å². The lowest BCUT2D eigenvalue weighted by atomic mass is 9.88. The van der Waals surface area contributed by atoms with E-state index in [4.69, 9.17) is 4.74 Å². The number of hydrogen-bond donors (Lipinski definition) is 1. The summed E-state index contributed by atoms with van der Waals surface area (Å²) in [6.45, 7) is 3.58. The number of methoxy groups -OCH3 is 1. The lowest BCUT2D eigenvalue weighted by molar-refractivity contribution is 0.0909. The zero-order valence-electron chi connectivity index (χ0n) is 24.1. The van der Waals surface area contributed by atoms with Gasteiger partial charge in [0.2, 0.25) is 0 Å². The van der Waals surface area contributed by atoms with Crippen molar-refractivity contribution in [3.05, 3.63) is 108 Å². The number of rotatable bonds is 8. The molecule has 2 aromatic carbocycles. The molecule has 1 atom stereocenters. The molecule has 1 aliphatic rings. The van der Waals surface area contributed by atoms with Crippen LogP contribution in [0, 0.1) is 11.7 Å². The molecule has 1 unspecified atom stereocenters. The van der Waals surface area contributed by atoms with E-state index >= 15 is 4.39 Å². The van der Waals surface area contributed by atoms with Gasteiger partial charge in [-0.1, -0.05) is 29.8 Å². The maximum atomic E-state index is 15.5. The molecule has 6 nitrogen and oxygen atoms in total. The first-order valence-corrected chi connectivity index (χ1v) is 14.6. The summed E-state index contributed by atoms with van der Waals surface area (Å²) in [5.74, 6) is -0.109. The Morgan fingerprint density at radius 2 is 1.93 bits per heavy atom. The van der Waals surface area contributed by atoms with Gasteiger partial charge in [-0.15, -0.1) is 0 Å². The molecule has 1 aliphatic carbocycles. The Morgan fingerprint density at radius 3 is 2.74 bits per heavy atom. The first-order chi connectivity index (χ1) is 21.1. The molecule has 1 saturated carbocycles. The number of carbonyl (C=O) groups is 1. The van der Waals surface area contributed by atoms with Crippen LogP contribution in [0.3, 0.4) is 0 Å². The highest BCUT2D eigenvalue weighted by Crippen LogP contribution is 2.38. The second-order valence-corrected chi connectivity index (χ2v) is 10.9.